The van der Waals surface area contributed by atoms with Crippen molar-refractivity contribution in [2.75, 3.05) is 32.0 Å². The number of hydrogen-bond donors (Lipinski definition) is 1. The molecule has 2 fully saturated rings. The summed E-state index contributed by atoms with van der Waals surface area (Å²) in [6, 6.07) is 4.39. The second kappa shape index (κ2) is 6.80. The predicted molar refractivity (Wildman–Crippen MR) is 93.2 cm³/mol. The molecule has 1 N–H and O–H groups in total. The Hall–Kier alpha value is -0.470. The Balaban J connectivity index is 1.40. The third-order valence-corrected chi connectivity index (χ3v) is 7.16. The molecule has 1 unspecified atom stereocenters. The van der Waals surface area contributed by atoms with E-state index in [9.17, 15) is 8.42 Å². The van der Waals surface area contributed by atoms with Gasteiger partial charge in [-0.1, -0.05) is 0 Å². The summed E-state index contributed by atoms with van der Waals surface area (Å²) in [4.78, 5) is 5.22. The zero-order chi connectivity index (χ0) is 16.5. The van der Waals surface area contributed by atoms with Crippen molar-refractivity contribution in [1.29, 1.82) is 0 Å². The first-order chi connectivity index (χ1) is 10.9. The Morgan fingerprint density at radius 1 is 1.43 bits per heavy atom. The predicted octanol–water partition coefficient (Wildman–Crippen LogP) is 1.98. The Morgan fingerprint density at radius 2 is 2.22 bits per heavy atom. The molecule has 1 spiro atoms. The maximum atomic E-state index is 11.5. The van der Waals surface area contributed by atoms with Crippen LogP contribution in [-0.4, -0.2) is 50.9 Å². The maximum Gasteiger partial charge on any atom is 0.211 e. The maximum absolute atomic E-state index is 11.5. The van der Waals surface area contributed by atoms with Crippen molar-refractivity contribution in [3.63, 3.8) is 0 Å². The van der Waals surface area contributed by atoms with Crippen molar-refractivity contribution < 1.29 is 13.2 Å². The van der Waals surface area contributed by atoms with Gasteiger partial charge < -0.3 is 4.74 Å². The highest BCUT2D eigenvalue weighted by Crippen LogP contribution is 2.37. The molecule has 0 aromatic carbocycles. The van der Waals surface area contributed by atoms with Gasteiger partial charge in [0.1, 0.15) is 0 Å². The number of rotatable bonds is 6. The summed E-state index contributed by atoms with van der Waals surface area (Å²) in [5.74, 6) is 0.442. The van der Waals surface area contributed by atoms with Gasteiger partial charge in [-0.2, -0.15) is 0 Å². The van der Waals surface area contributed by atoms with Crippen LogP contribution in [-0.2, 0) is 21.3 Å². The molecule has 0 amide bonds. The first kappa shape index (κ1) is 17.4. The number of hydrogen-bond acceptors (Lipinski definition) is 5. The normalized spacial score (nSPS) is 24.7. The standard InChI is InChI=1S/C16H26N2O3S2/c1-3-23(19,20)17-8-14-6-7-16(21-10-14)11-18(12-16)9-15-5-4-13(2)22-15/h4-5,14,17H,3,6-12H2,1-2H3. The lowest BCUT2D eigenvalue weighted by atomic mass is 9.83. The second-order valence-electron chi connectivity index (χ2n) is 6.81. The molecule has 1 aromatic heterocycles. The van der Waals surface area contributed by atoms with E-state index in [1.54, 1.807) is 6.92 Å². The van der Waals surface area contributed by atoms with Crippen molar-refractivity contribution in [2.24, 2.45) is 5.92 Å². The van der Waals surface area contributed by atoms with Gasteiger partial charge in [0.2, 0.25) is 10.0 Å². The van der Waals surface area contributed by atoms with E-state index in [1.807, 2.05) is 11.3 Å². The average Bonchev–Trinajstić information content (AvgIpc) is 2.90. The van der Waals surface area contributed by atoms with Gasteiger partial charge in [-0.05, 0) is 44.7 Å². The van der Waals surface area contributed by atoms with Gasteiger partial charge in [-0.25, -0.2) is 13.1 Å². The number of likely N-dealkylation sites (tertiary alicyclic amines) is 1. The molecule has 5 nitrogen and oxygen atoms in total. The van der Waals surface area contributed by atoms with Crippen LogP contribution in [0.3, 0.4) is 0 Å². The number of ether oxygens (including phenoxy) is 1. The summed E-state index contributed by atoms with van der Waals surface area (Å²) in [7, 11) is -3.09. The third kappa shape index (κ3) is 4.33. The van der Waals surface area contributed by atoms with Gasteiger partial charge in [-0.3, -0.25) is 4.90 Å². The lowest BCUT2D eigenvalue weighted by molar-refractivity contribution is -0.180. The van der Waals surface area contributed by atoms with Crippen LogP contribution in [0.5, 0.6) is 0 Å². The van der Waals surface area contributed by atoms with Crippen molar-refractivity contribution in [2.45, 2.75) is 38.8 Å². The molecule has 1 aromatic rings. The highest BCUT2D eigenvalue weighted by Gasteiger charge is 2.46. The molecular formula is C16H26N2O3S2. The highest BCUT2D eigenvalue weighted by atomic mass is 32.2. The number of thiophene rings is 1. The topological polar surface area (TPSA) is 58.6 Å². The summed E-state index contributed by atoms with van der Waals surface area (Å²) in [6.45, 7) is 7.98. The minimum absolute atomic E-state index is 0.0203. The van der Waals surface area contributed by atoms with Gasteiger partial charge >= 0.3 is 0 Å². The minimum Gasteiger partial charge on any atom is -0.372 e. The van der Waals surface area contributed by atoms with E-state index in [4.69, 9.17) is 4.74 Å². The largest absolute Gasteiger partial charge is 0.372 e. The van der Waals surface area contributed by atoms with Crippen LogP contribution in [0.4, 0.5) is 0 Å². The Labute approximate surface area is 143 Å². The van der Waals surface area contributed by atoms with Gasteiger partial charge in [0, 0.05) is 35.9 Å². The molecule has 23 heavy (non-hydrogen) atoms. The number of sulfonamides is 1. The van der Waals surface area contributed by atoms with Gasteiger partial charge in [-0.15, -0.1) is 11.3 Å². The fourth-order valence-electron chi connectivity index (χ4n) is 3.35. The Morgan fingerprint density at radius 3 is 2.78 bits per heavy atom. The van der Waals surface area contributed by atoms with Crippen LogP contribution in [0.1, 0.15) is 29.5 Å². The van der Waals surface area contributed by atoms with Crippen LogP contribution in [0.25, 0.3) is 0 Å². The summed E-state index contributed by atoms with van der Waals surface area (Å²) < 4.78 is 31.8. The molecule has 0 bridgehead atoms. The first-order valence-electron chi connectivity index (χ1n) is 8.29. The summed E-state index contributed by atoms with van der Waals surface area (Å²) in [5.41, 5.74) is 0.0203. The van der Waals surface area contributed by atoms with Crippen molar-refractivity contribution in [3.05, 3.63) is 21.9 Å². The Bertz CT molecular complexity index is 626. The third-order valence-electron chi connectivity index (χ3n) is 4.80. The van der Waals surface area contributed by atoms with E-state index >= 15 is 0 Å². The lowest BCUT2D eigenvalue weighted by Gasteiger charge is -2.52. The summed E-state index contributed by atoms with van der Waals surface area (Å²) >= 11 is 1.86. The van der Waals surface area contributed by atoms with E-state index in [1.165, 1.54) is 9.75 Å². The van der Waals surface area contributed by atoms with Crippen LogP contribution in [0.2, 0.25) is 0 Å². The van der Waals surface area contributed by atoms with E-state index in [0.29, 0.717) is 19.1 Å². The molecule has 130 valence electrons. The number of nitrogens with one attached hydrogen (secondary N) is 1. The highest BCUT2D eigenvalue weighted by molar-refractivity contribution is 7.89. The molecule has 1 atom stereocenters. The molecule has 2 saturated heterocycles. The molecular weight excluding hydrogens is 332 g/mol. The van der Waals surface area contributed by atoms with Crippen LogP contribution in [0.15, 0.2) is 12.1 Å². The smallest absolute Gasteiger partial charge is 0.211 e. The van der Waals surface area contributed by atoms with Gasteiger partial charge in [0.05, 0.1) is 18.0 Å². The lowest BCUT2D eigenvalue weighted by Crippen LogP contribution is -2.64. The monoisotopic (exact) mass is 358 g/mol. The molecule has 3 heterocycles. The Kier molecular flexibility index (Phi) is 5.13. The van der Waals surface area contributed by atoms with E-state index in [0.717, 1.165) is 32.5 Å². The first-order valence-corrected chi connectivity index (χ1v) is 10.8. The molecule has 2 aliphatic rings. The van der Waals surface area contributed by atoms with Crippen molar-refractivity contribution in [3.8, 4) is 0 Å². The second-order valence-corrected chi connectivity index (χ2v) is 10.3. The van der Waals surface area contributed by atoms with Crippen LogP contribution >= 0.6 is 11.3 Å². The van der Waals surface area contributed by atoms with E-state index < -0.39 is 10.0 Å². The molecule has 0 aliphatic carbocycles. The molecule has 2 aliphatic heterocycles. The van der Waals surface area contributed by atoms with Crippen molar-refractivity contribution in [1.82, 2.24) is 9.62 Å². The van der Waals surface area contributed by atoms with Crippen LogP contribution in [0, 0.1) is 12.8 Å². The van der Waals surface area contributed by atoms with Crippen molar-refractivity contribution >= 4 is 21.4 Å². The fraction of sp³-hybridized carbons (Fsp3) is 0.750. The van der Waals surface area contributed by atoms with E-state index in [-0.39, 0.29) is 11.4 Å². The molecule has 7 heteroatoms. The fourth-order valence-corrected chi connectivity index (χ4v) is 4.97. The molecule has 0 saturated carbocycles. The molecule has 0 radical (unpaired) electrons. The zero-order valence-corrected chi connectivity index (χ0v) is 15.5. The van der Waals surface area contributed by atoms with Gasteiger partial charge in [0.25, 0.3) is 0 Å². The summed E-state index contributed by atoms with van der Waals surface area (Å²) in [5, 5.41) is 0. The van der Waals surface area contributed by atoms with E-state index in [2.05, 4.69) is 28.7 Å². The van der Waals surface area contributed by atoms with Gasteiger partial charge in [0.15, 0.2) is 0 Å². The summed E-state index contributed by atoms with van der Waals surface area (Å²) in [6.07, 6.45) is 2.07. The zero-order valence-electron chi connectivity index (χ0n) is 13.9. The number of aryl methyl sites for hydroxylation is 1. The molecule has 3 rings (SSSR count). The quantitative estimate of drug-likeness (QED) is 0.845. The van der Waals surface area contributed by atoms with Crippen LogP contribution < -0.4 is 4.72 Å². The SMILES string of the molecule is CCS(=O)(=O)NCC1CCC2(CN(Cc3ccc(C)s3)C2)OC1. The average molecular weight is 359 g/mol. The number of nitrogens with zero attached hydrogens (tertiary/aromatic N) is 1. The minimum atomic E-state index is -3.09.